The monoisotopic (exact) mass is 223 g/mol. The van der Waals surface area contributed by atoms with Crippen molar-refractivity contribution in [2.45, 2.75) is 18.5 Å². The zero-order valence-electron chi connectivity index (χ0n) is 9.30. The molecule has 2 N–H and O–H groups in total. The number of likely N-dealkylation sites (N-methyl/N-ethyl adjacent to an activating group) is 1. The molecule has 0 spiro atoms. The highest BCUT2D eigenvalue weighted by Crippen LogP contribution is 2.25. The topological polar surface area (TPSA) is 50.7 Å². The second kappa shape index (κ2) is 5.41. The third-order valence-corrected chi connectivity index (χ3v) is 2.62. The van der Waals surface area contributed by atoms with Crippen molar-refractivity contribution in [3.63, 3.8) is 0 Å². The van der Waals surface area contributed by atoms with Crippen LogP contribution in [0.1, 0.15) is 11.9 Å². The third-order valence-electron chi connectivity index (χ3n) is 2.62. The lowest BCUT2D eigenvalue weighted by Crippen LogP contribution is -2.45. The number of hydrogen-bond donors (Lipinski definition) is 2. The van der Waals surface area contributed by atoms with Gasteiger partial charge in [-0.3, -0.25) is 0 Å². The van der Waals surface area contributed by atoms with Gasteiger partial charge >= 0.3 is 0 Å². The molecule has 1 aliphatic heterocycles. The summed E-state index contributed by atoms with van der Waals surface area (Å²) >= 11 is 0. The normalized spacial score (nSPS) is 30.2. The highest BCUT2D eigenvalue weighted by molar-refractivity contribution is 5.16. The summed E-state index contributed by atoms with van der Waals surface area (Å²) in [5, 5.41) is 12.7. The predicted octanol–water partition coefficient (Wildman–Crippen LogP) is 0.681. The maximum absolute atomic E-state index is 9.67. The molecule has 4 nitrogen and oxygen atoms in total. The van der Waals surface area contributed by atoms with Crippen LogP contribution >= 0.6 is 0 Å². The van der Waals surface area contributed by atoms with Crippen molar-refractivity contribution in [3.8, 4) is 0 Å². The van der Waals surface area contributed by atoms with E-state index in [0.717, 1.165) is 5.56 Å². The van der Waals surface area contributed by atoms with E-state index in [2.05, 4.69) is 5.32 Å². The van der Waals surface area contributed by atoms with Crippen LogP contribution in [-0.2, 0) is 9.47 Å². The molecule has 2 rings (SSSR count). The van der Waals surface area contributed by atoms with E-state index in [9.17, 15) is 5.11 Å². The van der Waals surface area contributed by atoms with E-state index in [1.165, 1.54) is 0 Å². The molecule has 16 heavy (non-hydrogen) atoms. The number of hydrogen-bond acceptors (Lipinski definition) is 4. The summed E-state index contributed by atoms with van der Waals surface area (Å²) in [5.41, 5.74) is 0.982. The van der Waals surface area contributed by atoms with E-state index in [-0.39, 0.29) is 12.4 Å². The molecule has 88 valence electrons. The molecule has 1 fully saturated rings. The minimum atomic E-state index is -0.563. The Balaban J connectivity index is 2.03. The molecule has 1 aromatic rings. The van der Waals surface area contributed by atoms with Crippen molar-refractivity contribution in [1.82, 2.24) is 5.32 Å². The smallest absolute Gasteiger partial charge is 0.184 e. The fraction of sp³-hybridized carbons (Fsp3) is 0.500. The molecule has 1 saturated heterocycles. The van der Waals surface area contributed by atoms with E-state index in [4.69, 9.17) is 9.47 Å². The Morgan fingerprint density at radius 1 is 1.38 bits per heavy atom. The second-order valence-corrected chi connectivity index (χ2v) is 3.88. The lowest BCUT2D eigenvalue weighted by atomic mass is 10.1. The van der Waals surface area contributed by atoms with Crippen molar-refractivity contribution in [2.75, 3.05) is 20.2 Å². The standard InChI is InChI=1S/C12H17NO3/c1-13-7-11-10(14)8-15-12(16-11)9-5-3-2-4-6-9/h2-6,10-14H,7-8H2,1H3/t10-,11+,12-/m1/s1. The lowest BCUT2D eigenvalue weighted by Gasteiger charge is -2.34. The molecule has 3 atom stereocenters. The molecule has 0 amide bonds. The third kappa shape index (κ3) is 2.59. The molecule has 1 heterocycles. The van der Waals surface area contributed by atoms with Crippen LogP contribution in [0.4, 0.5) is 0 Å². The van der Waals surface area contributed by atoms with E-state index in [0.29, 0.717) is 13.2 Å². The van der Waals surface area contributed by atoms with Gasteiger partial charge in [0.1, 0.15) is 12.2 Å². The van der Waals surface area contributed by atoms with Gasteiger partial charge in [-0.25, -0.2) is 0 Å². The number of benzene rings is 1. The Hall–Kier alpha value is -0.940. The number of rotatable bonds is 3. The summed E-state index contributed by atoms with van der Waals surface area (Å²) in [7, 11) is 1.84. The Morgan fingerprint density at radius 3 is 2.81 bits per heavy atom. The summed E-state index contributed by atoms with van der Waals surface area (Å²) in [5.74, 6) is 0. The van der Waals surface area contributed by atoms with Gasteiger partial charge in [0.2, 0.25) is 0 Å². The molecule has 0 aliphatic carbocycles. The zero-order chi connectivity index (χ0) is 11.4. The van der Waals surface area contributed by atoms with Gasteiger partial charge in [0, 0.05) is 12.1 Å². The zero-order valence-corrected chi connectivity index (χ0v) is 9.30. The van der Waals surface area contributed by atoms with Gasteiger partial charge in [-0.15, -0.1) is 0 Å². The van der Waals surface area contributed by atoms with Crippen molar-refractivity contribution in [3.05, 3.63) is 35.9 Å². The molecule has 0 bridgehead atoms. The second-order valence-electron chi connectivity index (χ2n) is 3.88. The van der Waals surface area contributed by atoms with Gasteiger partial charge < -0.3 is 19.9 Å². The number of ether oxygens (including phenoxy) is 2. The van der Waals surface area contributed by atoms with Gasteiger partial charge in [-0.1, -0.05) is 30.3 Å². The fourth-order valence-corrected chi connectivity index (χ4v) is 1.75. The Morgan fingerprint density at radius 2 is 2.12 bits per heavy atom. The predicted molar refractivity (Wildman–Crippen MR) is 59.9 cm³/mol. The van der Waals surface area contributed by atoms with Gasteiger partial charge in [0.05, 0.1) is 6.61 Å². The quantitative estimate of drug-likeness (QED) is 0.791. The van der Waals surface area contributed by atoms with Crippen molar-refractivity contribution in [1.29, 1.82) is 0 Å². The van der Waals surface area contributed by atoms with Crippen molar-refractivity contribution < 1.29 is 14.6 Å². The molecule has 4 heteroatoms. The van der Waals surface area contributed by atoms with E-state index in [1.54, 1.807) is 0 Å². The first kappa shape index (κ1) is 11.5. The first-order valence-corrected chi connectivity index (χ1v) is 5.46. The summed E-state index contributed by atoms with van der Waals surface area (Å²) in [4.78, 5) is 0. The van der Waals surface area contributed by atoms with Gasteiger partial charge in [-0.05, 0) is 7.05 Å². The van der Waals surface area contributed by atoms with Gasteiger partial charge in [0.25, 0.3) is 0 Å². The Kier molecular flexibility index (Phi) is 3.90. The highest BCUT2D eigenvalue weighted by Gasteiger charge is 2.30. The molecule has 1 aromatic carbocycles. The highest BCUT2D eigenvalue weighted by atomic mass is 16.7. The van der Waals surface area contributed by atoms with Crippen LogP contribution in [0, 0.1) is 0 Å². The summed E-state index contributed by atoms with van der Waals surface area (Å²) < 4.78 is 11.1. The summed E-state index contributed by atoms with van der Waals surface area (Å²) in [6.07, 6.45) is -1.15. The van der Waals surface area contributed by atoms with Crippen LogP contribution in [0.2, 0.25) is 0 Å². The summed E-state index contributed by atoms with van der Waals surface area (Å²) in [6.45, 7) is 0.930. The van der Waals surface area contributed by atoms with Crippen LogP contribution < -0.4 is 5.32 Å². The van der Waals surface area contributed by atoms with E-state index >= 15 is 0 Å². The first-order chi connectivity index (χ1) is 7.81. The fourth-order valence-electron chi connectivity index (χ4n) is 1.75. The molecule has 0 radical (unpaired) electrons. The van der Waals surface area contributed by atoms with Crippen LogP contribution in [0.25, 0.3) is 0 Å². The Bertz CT molecular complexity index is 317. The molecule has 0 aromatic heterocycles. The largest absolute Gasteiger partial charge is 0.388 e. The maximum Gasteiger partial charge on any atom is 0.184 e. The summed E-state index contributed by atoms with van der Waals surface area (Å²) in [6, 6.07) is 9.75. The first-order valence-electron chi connectivity index (χ1n) is 5.46. The molecule has 1 aliphatic rings. The maximum atomic E-state index is 9.67. The number of aliphatic hydroxyl groups is 1. The van der Waals surface area contributed by atoms with E-state index < -0.39 is 6.10 Å². The van der Waals surface area contributed by atoms with E-state index in [1.807, 2.05) is 37.4 Å². The molecule has 0 saturated carbocycles. The minimum absolute atomic E-state index is 0.219. The Labute approximate surface area is 95.2 Å². The lowest BCUT2D eigenvalue weighted by molar-refractivity contribution is -0.254. The van der Waals surface area contributed by atoms with Crippen LogP contribution in [0.3, 0.4) is 0 Å². The molecule has 0 unspecified atom stereocenters. The van der Waals surface area contributed by atoms with Gasteiger partial charge in [0.15, 0.2) is 6.29 Å². The number of nitrogens with one attached hydrogen (secondary N) is 1. The average Bonchev–Trinajstić information content (AvgIpc) is 2.33. The van der Waals surface area contributed by atoms with Crippen molar-refractivity contribution >= 4 is 0 Å². The van der Waals surface area contributed by atoms with Crippen LogP contribution in [-0.4, -0.2) is 37.5 Å². The number of aliphatic hydroxyl groups excluding tert-OH is 1. The minimum Gasteiger partial charge on any atom is -0.388 e. The molecular weight excluding hydrogens is 206 g/mol. The average molecular weight is 223 g/mol. The SMILES string of the molecule is CNC[C@@H]1O[C@H](c2ccccc2)OC[C@H]1O. The van der Waals surface area contributed by atoms with Crippen LogP contribution in [0.5, 0.6) is 0 Å². The molecular formula is C12H17NO3. The van der Waals surface area contributed by atoms with Crippen LogP contribution in [0.15, 0.2) is 30.3 Å². The van der Waals surface area contributed by atoms with Crippen molar-refractivity contribution in [2.24, 2.45) is 0 Å². The van der Waals surface area contributed by atoms with Gasteiger partial charge in [-0.2, -0.15) is 0 Å².